The third-order valence-electron chi connectivity index (χ3n) is 3.74. The second kappa shape index (κ2) is 4.47. The Morgan fingerprint density at radius 1 is 1.05 bits per heavy atom. The molecule has 1 heterocycles. The third-order valence-corrected chi connectivity index (χ3v) is 3.74. The summed E-state index contributed by atoms with van der Waals surface area (Å²) in [6.45, 7) is 4.18. The molecule has 0 radical (unpaired) electrons. The first-order valence-electron chi connectivity index (χ1n) is 6.52. The summed E-state index contributed by atoms with van der Waals surface area (Å²) in [6.07, 6.45) is 2.04. The molecule has 2 aromatic carbocycles. The van der Waals surface area contributed by atoms with E-state index in [1.807, 2.05) is 31.3 Å². The van der Waals surface area contributed by atoms with Gasteiger partial charge in [-0.15, -0.1) is 0 Å². The summed E-state index contributed by atoms with van der Waals surface area (Å²) in [4.78, 5) is 3.29. The average molecular weight is 251 g/mol. The van der Waals surface area contributed by atoms with Crippen molar-refractivity contribution >= 4 is 10.9 Å². The molecule has 0 spiro atoms. The predicted octanol–water partition coefficient (Wildman–Crippen LogP) is 4.33. The normalized spacial score (nSPS) is 12.7. The van der Waals surface area contributed by atoms with Crippen molar-refractivity contribution in [3.8, 4) is 5.75 Å². The number of aromatic amines is 1. The molecule has 0 saturated heterocycles. The molecule has 0 saturated carbocycles. The Morgan fingerprint density at radius 2 is 1.84 bits per heavy atom. The van der Waals surface area contributed by atoms with Crippen LogP contribution in [0.25, 0.3) is 10.9 Å². The number of aryl methyl sites for hydroxylation is 1. The van der Waals surface area contributed by atoms with Crippen molar-refractivity contribution in [2.24, 2.45) is 0 Å². The molecule has 1 unspecified atom stereocenters. The fraction of sp³-hybridized carbons (Fsp3) is 0.176. The summed E-state index contributed by atoms with van der Waals surface area (Å²) in [5.74, 6) is 0.527. The zero-order valence-electron chi connectivity index (χ0n) is 11.1. The summed E-state index contributed by atoms with van der Waals surface area (Å²) < 4.78 is 0. The third kappa shape index (κ3) is 1.99. The number of para-hydroxylation sites is 1. The first kappa shape index (κ1) is 11.8. The van der Waals surface area contributed by atoms with Crippen LogP contribution >= 0.6 is 0 Å². The van der Waals surface area contributed by atoms with Crippen molar-refractivity contribution in [2.75, 3.05) is 0 Å². The van der Waals surface area contributed by atoms with Gasteiger partial charge in [0, 0.05) is 28.6 Å². The molecule has 0 bridgehead atoms. The molecule has 3 aromatic rings. The van der Waals surface area contributed by atoms with Crippen molar-refractivity contribution in [3.63, 3.8) is 0 Å². The molecule has 2 N–H and O–H groups in total. The standard InChI is InChI=1S/C17H17NO/c1-11-7-8-17(19)14(9-11)12(2)15-10-18-16-6-4-3-5-13(15)16/h3-10,12,18-19H,1-2H3. The van der Waals surface area contributed by atoms with Gasteiger partial charge in [-0.1, -0.05) is 42.8 Å². The van der Waals surface area contributed by atoms with Gasteiger partial charge in [-0.25, -0.2) is 0 Å². The minimum atomic E-state index is 0.163. The minimum Gasteiger partial charge on any atom is -0.508 e. The number of fused-ring (bicyclic) bond motifs is 1. The number of rotatable bonds is 2. The molecule has 0 fully saturated rings. The Morgan fingerprint density at radius 3 is 2.68 bits per heavy atom. The van der Waals surface area contributed by atoms with Gasteiger partial charge >= 0.3 is 0 Å². The van der Waals surface area contributed by atoms with E-state index in [1.165, 1.54) is 16.5 Å². The number of nitrogens with one attached hydrogen (secondary N) is 1. The van der Waals surface area contributed by atoms with Crippen LogP contribution in [0.2, 0.25) is 0 Å². The first-order chi connectivity index (χ1) is 9.16. The number of aromatic nitrogens is 1. The number of aromatic hydroxyl groups is 1. The SMILES string of the molecule is Cc1ccc(O)c(C(C)c2c[nH]c3ccccc23)c1. The lowest BCUT2D eigenvalue weighted by Gasteiger charge is -2.14. The number of benzene rings is 2. The summed E-state index contributed by atoms with van der Waals surface area (Å²) in [5, 5.41) is 11.3. The van der Waals surface area contributed by atoms with E-state index in [1.54, 1.807) is 6.07 Å². The van der Waals surface area contributed by atoms with Crippen LogP contribution in [0.15, 0.2) is 48.7 Å². The molecule has 1 atom stereocenters. The number of hydrogen-bond donors (Lipinski definition) is 2. The molecule has 96 valence electrons. The molecule has 2 heteroatoms. The summed E-state index contributed by atoms with van der Waals surface area (Å²) in [6, 6.07) is 14.0. The largest absolute Gasteiger partial charge is 0.508 e. The quantitative estimate of drug-likeness (QED) is 0.698. The Kier molecular flexibility index (Phi) is 2.79. The van der Waals surface area contributed by atoms with Crippen LogP contribution in [0.1, 0.15) is 29.5 Å². The molecule has 0 aliphatic heterocycles. The first-order valence-corrected chi connectivity index (χ1v) is 6.52. The van der Waals surface area contributed by atoms with Crippen LogP contribution in [0, 0.1) is 6.92 Å². The molecular formula is C17H17NO. The highest BCUT2D eigenvalue weighted by molar-refractivity contribution is 5.84. The smallest absolute Gasteiger partial charge is 0.119 e. The van der Waals surface area contributed by atoms with Gasteiger partial charge in [0.05, 0.1) is 0 Å². The monoisotopic (exact) mass is 251 g/mol. The maximum absolute atomic E-state index is 10.1. The van der Waals surface area contributed by atoms with Crippen LogP contribution < -0.4 is 0 Å². The molecule has 0 aliphatic rings. The van der Waals surface area contributed by atoms with Crippen LogP contribution in [0.5, 0.6) is 5.75 Å². The number of H-pyrrole nitrogens is 1. The van der Waals surface area contributed by atoms with Gasteiger partial charge in [-0.05, 0) is 24.6 Å². The van der Waals surface area contributed by atoms with Crippen molar-refractivity contribution in [1.82, 2.24) is 4.98 Å². The minimum absolute atomic E-state index is 0.163. The second-order valence-corrected chi connectivity index (χ2v) is 5.07. The second-order valence-electron chi connectivity index (χ2n) is 5.07. The van der Waals surface area contributed by atoms with Gasteiger partial charge in [-0.2, -0.15) is 0 Å². The van der Waals surface area contributed by atoms with Gasteiger partial charge in [0.1, 0.15) is 5.75 Å². The Balaban J connectivity index is 2.13. The Labute approximate surface area is 112 Å². The highest BCUT2D eigenvalue weighted by atomic mass is 16.3. The van der Waals surface area contributed by atoms with Crippen LogP contribution in [-0.4, -0.2) is 10.1 Å². The van der Waals surface area contributed by atoms with Crippen molar-refractivity contribution in [2.45, 2.75) is 19.8 Å². The predicted molar refractivity (Wildman–Crippen MR) is 78.7 cm³/mol. The van der Waals surface area contributed by atoms with E-state index in [0.717, 1.165) is 11.1 Å². The van der Waals surface area contributed by atoms with Crippen LogP contribution in [0.3, 0.4) is 0 Å². The van der Waals surface area contributed by atoms with E-state index < -0.39 is 0 Å². The lowest BCUT2D eigenvalue weighted by molar-refractivity contribution is 0.466. The Hall–Kier alpha value is -2.22. The van der Waals surface area contributed by atoms with Gasteiger partial charge in [-0.3, -0.25) is 0 Å². The molecule has 19 heavy (non-hydrogen) atoms. The highest BCUT2D eigenvalue weighted by Gasteiger charge is 2.16. The summed E-state index contributed by atoms with van der Waals surface area (Å²) in [7, 11) is 0. The summed E-state index contributed by atoms with van der Waals surface area (Å²) in [5.41, 5.74) is 4.50. The molecule has 0 amide bonds. The van der Waals surface area contributed by atoms with Crippen LogP contribution in [0.4, 0.5) is 0 Å². The average Bonchev–Trinajstić information content (AvgIpc) is 2.84. The van der Waals surface area contributed by atoms with Gasteiger partial charge in [0.15, 0.2) is 0 Å². The van der Waals surface area contributed by atoms with E-state index in [0.29, 0.717) is 5.75 Å². The molecular weight excluding hydrogens is 234 g/mol. The maximum atomic E-state index is 10.1. The zero-order chi connectivity index (χ0) is 13.4. The highest BCUT2D eigenvalue weighted by Crippen LogP contribution is 2.35. The van der Waals surface area contributed by atoms with E-state index >= 15 is 0 Å². The molecule has 2 nitrogen and oxygen atoms in total. The lowest BCUT2D eigenvalue weighted by Crippen LogP contribution is -1.96. The van der Waals surface area contributed by atoms with Gasteiger partial charge < -0.3 is 10.1 Å². The molecule has 1 aromatic heterocycles. The number of phenolic OH excluding ortho intramolecular Hbond substituents is 1. The zero-order valence-corrected chi connectivity index (χ0v) is 11.1. The van der Waals surface area contributed by atoms with Gasteiger partial charge in [0.2, 0.25) is 0 Å². The maximum Gasteiger partial charge on any atom is 0.119 e. The lowest BCUT2D eigenvalue weighted by atomic mass is 9.91. The van der Waals surface area contributed by atoms with E-state index in [4.69, 9.17) is 0 Å². The molecule has 3 rings (SSSR count). The fourth-order valence-electron chi connectivity index (χ4n) is 2.64. The summed E-state index contributed by atoms with van der Waals surface area (Å²) >= 11 is 0. The number of phenols is 1. The molecule has 0 aliphatic carbocycles. The van der Waals surface area contributed by atoms with E-state index in [9.17, 15) is 5.11 Å². The fourth-order valence-corrected chi connectivity index (χ4v) is 2.64. The topological polar surface area (TPSA) is 36.0 Å². The Bertz CT molecular complexity index is 727. The van der Waals surface area contributed by atoms with E-state index in [-0.39, 0.29) is 5.92 Å². The van der Waals surface area contributed by atoms with Crippen molar-refractivity contribution in [1.29, 1.82) is 0 Å². The van der Waals surface area contributed by atoms with Crippen LogP contribution in [-0.2, 0) is 0 Å². The van der Waals surface area contributed by atoms with Crippen molar-refractivity contribution in [3.05, 3.63) is 65.4 Å². The number of hydrogen-bond acceptors (Lipinski definition) is 1. The van der Waals surface area contributed by atoms with E-state index in [2.05, 4.69) is 30.1 Å². The van der Waals surface area contributed by atoms with Crippen molar-refractivity contribution < 1.29 is 5.11 Å². The van der Waals surface area contributed by atoms with Gasteiger partial charge in [0.25, 0.3) is 0 Å².